The van der Waals surface area contributed by atoms with E-state index in [2.05, 4.69) is 38.2 Å². The Morgan fingerprint density at radius 2 is 1.92 bits per heavy atom. The second-order valence-electron chi connectivity index (χ2n) is 8.33. The van der Waals surface area contributed by atoms with E-state index in [0.717, 1.165) is 20.3 Å². The van der Waals surface area contributed by atoms with Crippen LogP contribution in [0.1, 0.15) is 23.6 Å². The van der Waals surface area contributed by atoms with E-state index in [1.54, 1.807) is 18.2 Å². The molecule has 0 spiro atoms. The number of carbonyl (C=O) groups excluding carboxylic acids is 2. The molecule has 0 aliphatic carbocycles. The lowest BCUT2D eigenvalue weighted by Crippen LogP contribution is -2.20. The van der Waals surface area contributed by atoms with Gasteiger partial charge >= 0.3 is 0 Å². The first kappa shape index (κ1) is 28.0. The van der Waals surface area contributed by atoms with Crippen molar-refractivity contribution >= 4 is 80.4 Å². The number of anilines is 1. The lowest BCUT2D eigenvalue weighted by Gasteiger charge is -2.15. The first-order chi connectivity index (χ1) is 18.2. The zero-order valence-corrected chi connectivity index (χ0v) is 24.7. The van der Waals surface area contributed by atoms with Crippen LogP contribution in [0.5, 0.6) is 11.5 Å². The van der Waals surface area contributed by atoms with Crippen molar-refractivity contribution in [1.29, 1.82) is 0 Å². The standard InChI is InChI=1S/C28H25ClIN3O4S/c1-4-36-23-13-18(12-21(30)26(23)37-15-25(34)31-19-10-8-16(2)9-11-19)14-24-27(35)33-28(38-24)32-22-7-5-6-20(29)17(22)3/h5-14H,4,15H2,1-3H3,(H,31,34)(H,32,33,35)/b24-14+. The molecule has 2 N–H and O–H groups in total. The summed E-state index contributed by atoms with van der Waals surface area (Å²) in [6, 6.07) is 16.7. The summed E-state index contributed by atoms with van der Waals surface area (Å²) >= 11 is 9.57. The van der Waals surface area contributed by atoms with Crippen LogP contribution in [0.25, 0.3) is 6.08 Å². The molecule has 2 amide bonds. The van der Waals surface area contributed by atoms with E-state index in [9.17, 15) is 9.59 Å². The summed E-state index contributed by atoms with van der Waals surface area (Å²) in [6.45, 7) is 5.97. The highest BCUT2D eigenvalue weighted by atomic mass is 127. The number of nitrogens with one attached hydrogen (secondary N) is 2. The fraction of sp³-hybridized carbons (Fsp3) is 0.179. The molecule has 0 bridgehead atoms. The van der Waals surface area contributed by atoms with Crippen LogP contribution < -0.4 is 20.1 Å². The third-order valence-electron chi connectivity index (χ3n) is 5.42. The van der Waals surface area contributed by atoms with Crippen molar-refractivity contribution in [2.24, 2.45) is 4.99 Å². The molecule has 0 unspecified atom stereocenters. The number of benzene rings is 3. The lowest BCUT2D eigenvalue weighted by atomic mass is 10.2. The fourth-order valence-corrected chi connectivity index (χ4v) is 5.29. The Morgan fingerprint density at radius 1 is 1.16 bits per heavy atom. The minimum Gasteiger partial charge on any atom is -0.490 e. The Bertz CT molecular complexity index is 1440. The van der Waals surface area contributed by atoms with E-state index >= 15 is 0 Å². The quantitative estimate of drug-likeness (QED) is 0.203. The van der Waals surface area contributed by atoms with Gasteiger partial charge in [-0.3, -0.25) is 9.59 Å². The average Bonchev–Trinajstić information content (AvgIpc) is 3.21. The van der Waals surface area contributed by atoms with E-state index in [1.165, 1.54) is 11.8 Å². The molecule has 0 atom stereocenters. The van der Waals surface area contributed by atoms with Gasteiger partial charge in [-0.2, -0.15) is 0 Å². The van der Waals surface area contributed by atoms with Crippen molar-refractivity contribution in [3.8, 4) is 11.5 Å². The predicted molar refractivity (Wildman–Crippen MR) is 163 cm³/mol. The Balaban J connectivity index is 1.50. The van der Waals surface area contributed by atoms with Crippen LogP contribution in [0, 0.1) is 17.4 Å². The Labute approximate surface area is 244 Å². The van der Waals surface area contributed by atoms with E-state index in [0.29, 0.717) is 44.6 Å². The molecule has 38 heavy (non-hydrogen) atoms. The Kier molecular flexibility index (Phi) is 9.35. The zero-order valence-electron chi connectivity index (χ0n) is 20.9. The van der Waals surface area contributed by atoms with Crippen molar-refractivity contribution in [3.05, 3.63) is 84.8 Å². The third-order valence-corrected chi connectivity index (χ3v) is 7.54. The highest BCUT2D eigenvalue weighted by Crippen LogP contribution is 2.37. The van der Waals surface area contributed by atoms with Crippen LogP contribution in [-0.2, 0) is 9.59 Å². The van der Waals surface area contributed by atoms with Gasteiger partial charge in [-0.15, -0.1) is 0 Å². The monoisotopic (exact) mass is 661 g/mol. The maximum Gasteiger partial charge on any atom is 0.264 e. The highest BCUT2D eigenvalue weighted by Gasteiger charge is 2.25. The van der Waals surface area contributed by atoms with E-state index in [4.69, 9.17) is 21.1 Å². The van der Waals surface area contributed by atoms with Crippen molar-refractivity contribution < 1.29 is 19.1 Å². The molecule has 0 aromatic heterocycles. The number of carbonyl (C=O) groups is 2. The van der Waals surface area contributed by atoms with Gasteiger partial charge in [0.05, 0.1) is 20.8 Å². The highest BCUT2D eigenvalue weighted by molar-refractivity contribution is 14.1. The molecule has 0 saturated carbocycles. The predicted octanol–water partition coefficient (Wildman–Crippen LogP) is 6.87. The largest absolute Gasteiger partial charge is 0.490 e. The molecule has 1 aliphatic rings. The maximum atomic E-state index is 12.6. The molecule has 1 saturated heterocycles. The van der Waals surface area contributed by atoms with Gasteiger partial charge in [0, 0.05) is 10.7 Å². The van der Waals surface area contributed by atoms with Crippen LogP contribution in [0.2, 0.25) is 5.02 Å². The lowest BCUT2D eigenvalue weighted by molar-refractivity contribution is -0.118. The van der Waals surface area contributed by atoms with Gasteiger partial charge in [0.1, 0.15) is 0 Å². The van der Waals surface area contributed by atoms with E-state index in [-0.39, 0.29) is 18.4 Å². The van der Waals surface area contributed by atoms with E-state index in [1.807, 2.05) is 63.2 Å². The molecule has 3 aromatic carbocycles. The summed E-state index contributed by atoms with van der Waals surface area (Å²) < 4.78 is 12.4. The molecule has 196 valence electrons. The van der Waals surface area contributed by atoms with Gasteiger partial charge in [-0.05, 0) is 109 Å². The number of rotatable bonds is 8. The van der Waals surface area contributed by atoms with Crippen molar-refractivity contribution in [1.82, 2.24) is 5.32 Å². The van der Waals surface area contributed by atoms with Crippen LogP contribution >= 0.6 is 46.0 Å². The van der Waals surface area contributed by atoms with Gasteiger partial charge in [-0.25, -0.2) is 4.99 Å². The molecule has 1 heterocycles. The summed E-state index contributed by atoms with van der Waals surface area (Å²) in [7, 11) is 0. The second kappa shape index (κ2) is 12.7. The smallest absolute Gasteiger partial charge is 0.264 e. The summed E-state index contributed by atoms with van der Waals surface area (Å²) in [5.74, 6) is 0.436. The number of halogens is 2. The first-order valence-corrected chi connectivity index (χ1v) is 14.0. The molecule has 4 rings (SSSR count). The van der Waals surface area contributed by atoms with Crippen LogP contribution in [0.15, 0.2) is 64.5 Å². The minimum absolute atomic E-state index is 0.175. The fourth-order valence-electron chi connectivity index (χ4n) is 3.50. The van der Waals surface area contributed by atoms with Crippen molar-refractivity contribution in [2.75, 3.05) is 18.5 Å². The number of aliphatic imine (C=N–C) groups is 1. The van der Waals surface area contributed by atoms with Crippen molar-refractivity contribution in [3.63, 3.8) is 0 Å². The summed E-state index contributed by atoms with van der Waals surface area (Å²) in [5, 5.41) is 6.71. The molecule has 1 fully saturated rings. The van der Waals surface area contributed by atoms with Gasteiger partial charge in [0.15, 0.2) is 23.3 Å². The first-order valence-electron chi connectivity index (χ1n) is 11.7. The molecule has 3 aromatic rings. The number of hydrogen-bond donors (Lipinski definition) is 2. The summed E-state index contributed by atoms with van der Waals surface area (Å²) in [6.07, 6.45) is 1.77. The molecule has 0 radical (unpaired) electrons. The minimum atomic E-state index is -0.279. The number of nitrogens with zero attached hydrogens (tertiary/aromatic N) is 1. The number of thioether (sulfide) groups is 1. The molecule has 1 aliphatic heterocycles. The normalized spacial score (nSPS) is 15.0. The van der Waals surface area contributed by atoms with Gasteiger partial charge in [-0.1, -0.05) is 35.4 Å². The Hall–Kier alpha value is -3.02. The van der Waals surface area contributed by atoms with Crippen molar-refractivity contribution in [2.45, 2.75) is 20.8 Å². The molecular formula is C28H25ClIN3O4S. The number of amidine groups is 1. The van der Waals surface area contributed by atoms with Crippen LogP contribution in [-0.4, -0.2) is 30.2 Å². The molecule has 10 heteroatoms. The summed E-state index contributed by atoms with van der Waals surface area (Å²) in [5.41, 5.74) is 4.10. The molecular weight excluding hydrogens is 637 g/mol. The number of ether oxygens (including phenoxy) is 2. The molecule has 7 nitrogen and oxygen atoms in total. The van der Waals surface area contributed by atoms with Crippen LogP contribution in [0.3, 0.4) is 0 Å². The zero-order chi connectivity index (χ0) is 27.2. The topological polar surface area (TPSA) is 89.0 Å². The summed E-state index contributed by atoms with van der Waals surface area (Å²) in [4.78, 5) is 30.1. The number of aryl methyl sites for hydroxylation is 1. The Morgan fingerprint density at radius 3 is 2.66 bits per heavy atom. The van der Waals surface area contributed by atoms with Gasteiger partial charge in [0.25, 0.3) is 11.8 Å². The second-order valence-corrected chi connectivity index (χ2v) is 10.9. The number of amides is 2. The average molecular weight is 662 g/mol. The van der Waals surface area contributed by atoms with E-state index < -0.39 is 0 Å². The van der Waals surface area contributed by atoms with Crippen LogP contribution in [0.4, 0.5) is 11.4 Å². The SMILES string of the molecule is CCOc1cc(/C=C2/SC(=Nc3cccc(Cl)c3C)NC2=O)cc(I)c1OCC(=O)Nc1ccc(C)cc1. The van der Waals surface area contributed by atoms with Gasteiger partial charge in [0.2, 0.25) is 0 Å². The third kappa shape index (κ3) is 7.09. The number of hydrogen-bond acceptors (Lipinski definition) is 6. The van der Waals surface area contributed by atoms with Gasteiger partial charge < -0.3 is 20.1 Å². The maximum absolute atomic E-state index is 12.6.